The van der Waals surface area contributed by atoms with Crippen LogP contribution in [-0.2, 0) is 22.8 Å². The largest absolute Gasteiger partial charge is 0.353 e. The van der Waals surface area contributed by atoms with Crippen molar-refractivity contribution >= 4 is 39.8 Å². The van der Waals surface area contributed by atoms with Gasteiger partial charge in [0.2, 0.25) is 0 Å². The van der Waals surface area contributed by atoms with Crippen LogP contribution in [0.3, 0.4) is 0 Å². The lowest BCUT2D eigenvalue weighted by atomic mass is 10.0. The van der Waals surface area contributed by atoms with Gasteiger partial charge in [-0.3, -0.25) is 4.99 Å². The highest BCUT2D eigenvalue weighted by Crippen LogP contribution is 2.23. The van der Waals surface area contributed by atoms with Crippen LogP contribution in [0.5, 0.6) is 0 Å². The highest BCUT2D eigenvalue weighted by Gasteiger charge is 2.29. The van der Waals surface area contributed by atoms with Crippen molar-refractivity contribution in [1.82, 2.24) is 10.2 Å². The summed E-state index contributed by atoms with van der Waals surface area (Å²) in [5.41, 5.74) is 2.80. The van der Waals surface area contributed by atoms with Gasteiger partial charge in [-0.2, -0.15) is 0 Å². The molecule has 1 unspecified atom stereocenters. The van der Waals surface area contributed by atoms with Gasteiger partial charge in [0, 0.05) is 25.7 Å². The van der Waals surface area contributed by atoms with Gasteiger partial charge in [0.25, 0.3) is 0 Å². The molecule has 5 nitrogen and oxygen atoms in total. The van der Waals surface area contributed by atoms with Gasteiger partial charge in [0.1, 0.15) is 0 Å². The summed E-state index contributed by atoms with van der Waals surface area (Å²) in [6.07, 6.45) is 4.22. The highest BCUT2D eigenvalue weighted by molar-refractivity contribution is 14.0. The van der Waals surface area contributed by atoms with Crippen LogP contribution >= 0.6 is 24.0 Å². The monoisotopic (exact) mass is 475 g/mol. The fourth-order valence-corrected chi connectivity index (χ4v) is 5.40. The predicted octanol–water partition coefficient (Wildman–Crippen LogP) is 2.21. The summed E-state index contributed by atoms with van der Waals surface area (Å²) < 4.78 is 23.3. The highest BCUT2D eigenvalue weighted by atomic mass is 127. The van der Waals surface area contributed by atoms with Crippen LogP contribution < -0.4 is 5.32 Å². The first-order valence-corrected chi connectivity index (χ1v) is 10.7. The summed E-state index contributed by atoms with van der Waals surface area (Å²) in [5.74, 6) is 1.78. The van der Waals surface area contributed by atoms with Crippen molar-refractivity contribution in [2.45, 2.75) is 38.3 Å². The van der Waals surface area contributed by atoms with E-state index >= 15 is 0 Å². The van der Waals surface area contributed by atoms with Crippen LogP contribution in [0, 0.1) is 5.92 Å². The zero-order valence-corrected chi connectivity index (χ0v) is 17.5. The first-order chi connectivity index (χ1) is 11.6. The number of aliphatic imine (C=N–C) groups is 1. The van der Waals surface area contributed by atoms with E-state index in [1.54, 1.807) is 0 Å². The molecule has 3 aliphatic rings. The molecule has 0 spiro atoms. The Hall–Kier alpha value is -0.830. The lowest BCUT2D eigenvalue weighted by molar-refractivity contribution is 0.376. The molecule has 25 heavy (non-hydrogen) atoms. The van der Waals surface area contributed by atoms with Gasteiger partial charge in [-0.15, -0.1) is 24.0 Å². The van der Waals surface area contributed by atoms with Crippen molar-refractivity contribution in [3.05, 3.63) is 35.4 Å². The van der Waals surface area contributed by atoms with E-state index in [0.29, 0.717) is 24.1 Å². The molecule has 1 aromatic rings. The van der Waals surface area contributed by atoms with Crippen LogP contribution in [0.15, 0.2) is 29.3 Å². The first kappa shape index (κ1) is 18.9. The SMILES string of the molecule is I.O=S1(=O)CCC(CN=C(NC2CC2)N2CCc3ccccc3C2)C1. The van der Waals surface area contributed by atoms with Gasteiger partial charge in [-0.1, -0.05) is 24.3 Å². The Morgan fingerprint density at radius 3 is 2.64 bits per heavy atom. The van der Waals surface area contributed by atoms with E-state index in [-0.39, 0.29) is 29.9 Å². The Bertz CT molecular complexity index is 746. The first-order valence-electron chi connectivity index (χ1n) is 8.92. The molecule has 1 atom stereocenters. The minimum atomic E-state index is -2.82. The van der Waals surface area contributed by atoms with Crippen LogP contribution in [0.25, 0.3) is 0 Å². The fourth-order valence-electron chi connectivity index (χ4n) is 3.56. The molecule has 0 amide bonds. The normalized spacial score (nSPS) is 25.2. The lowest BCUT2D eigenvalue weighted by Crippen LogP contribution is -2.45. The molecule has 1 saturated heterocycles. The summed E-state index contributed by atoms with van der Waals surface area (Å²) in [6, 6.07) is 9.15. The van der Waals surface area contributed by atoms with Crippen molar-refractivity contribution < 1.29 is 8.42 Å². The van der Waals surface area contributed by atoms with Gasteiger partial charge in [0.05, 0.1) is 11.5 Å². The topological polar surface area (TPSA) is 61.8 Å². The zero-order chi connectivity index (χ0) is 16.6. The molecular weight excluding hydrogens is 449 g/mol. The second kappa shape index (κ2) is 7.82. The number of rotatable bonds is 3. The summed E-state index contributed by atoms with van der Waals surface area (Å²) >= 11 is 0. The van der Waals surface area contributed by atoms with Gasteiger partial charge in [0.15, 0.2) is 15.8 Å². The van der Waals surface area contributed by atoms with Crippen molar-refractivity contribution in [3.63, 3.8) is 0 Å². The standard InChI is InChI=1S/C18H25N3O2S.HI/c22-24(23)10-8-14(13-24)11-19-18(20-17-5-6-17)21-9-7-15-3-1-2-4-16(15)12-21;/h1-4,14,17H,5-13H2,(H,19,20);1H. The number of hydrogen-bond donors (Lipinski definition) is 1. The number of nitrogens with one attached hydrogen (secondary N) is 1. The second-order valence-electron chi connectivity index (χ2n) is 7.29. The van der Waals surface area contributed by atoms with E-state index < -0.39 is 9.84 Å². The number of sulfone groups is 1. The van der Waals surface area contributed by atoms with Crippen LogP contribution in [-0.4, -0.2) is 49.9 Å². The lowest BCUT2D eigenvalue weighted by Gasteiger charge is -2.32. The van der Waals surface area contributed by atoms with E-state index in [9.17, 15) is 8.42 Å². The Morgan fingerprint density at radius 1 is 1.20 bits per heavy atom. The zero-order valence-electron chi connectivity index (χ0n) is 14.4. The molecule has 4 rings (SSSR count). The summed E-state index contributed by atoms with van der Waals surface area (Å²) in [5, 5.41) is 3.56. The maximum Gasteiger partial charge on any atom is 0.194 e. The number of hydrogen-bond acceptors (Lipinski definition) is 3. The molecule has 1 aliphatic carbocycles. The van der Waals surface area contributed by atoms with E-state index in [1.807, 2.05) is 0 Å². The third-order valence-corrected chi connectivity index (χ3v) is 7.00. The Kier molecular flexibility index (Phi) is 5.92. The van der Waals surface area contributed by atoms with Gasteiger partial charge in [-0.05, 0) is 42.7 Å². The molecule has 7 heteroatoms. The molecule has 2 aliphatic heterocycles. The molecule has 1 saturated carbocycles. The molecule has 1 N–H and O–H groups in total. The van der Waals surface area contributed by atoms with E-state index in [0.717, 1.165) is 31.9 Å². The smallest absolute Gasteiger partial charge is 0.194 e. The Morgan fingerprint density at radius 2 is 1.96 bits per heavy atom. The minimum absolute atomic E-state index is 0. The van der Waals surface area contributed by atoms with E-state index in [4.69, 9.17) is 4.99 Å². The number of halogens is 1. The van der Waals surface area contributed by atoms with Gasteiger partial charge in [-0.25, -0.2) is 8.42 Å². The second-order valence-corrected chi connectivity index (χ2v) is 9.52. The number of nitrogens with zero attached hydrogens (tertiary/aromatic N) is 2. The fraction of sp³-hybridized carbons (Fsp3) is 0.611. The average Bonchev–Trinajstić information content (AvgIpc) is 3.33. The average molecular weight is 475 g/mol. The molecule has 2 fully saturated rings. The van der Waals surface area contributed by atoms with Crippen molar-refractivity contribution in [2.75, 3.05) is 24.6 Å². The predicted molar refractivity (Wildman–Crippen MR) is 111 cm³/mol. The molecule has 0 aromatic heterocycles. The maximum atomic E-state index is 11.6. The summed E-state index contributed by atoms with van der Waals surface area (Å²) in [4.78, 5) is 7.14. The molecule has 0 bridgehead atoms. The van der Waals surface area contributed by atoms with Crippen LogP contribution in [0.2, 0.25) is 0 Å². The van der Waals surface area contributed by atoms with E-state index in [2.05, 4.69) is 34.5 Å². The van der Waals surface area contributed by atoms with E-state index in [1.165, 1.54) is 24.0 Å². The minimum Gasteiger partial charge on any atom is -0.353 e. The van der Waals surface area contributed by atoms with Crippen LogP contribution in [0.4, 0.5) is 0 Å². The third kappa shape index (κ3) is 4.87. The van der Waals surface area contributed by atoms with Crippen molar-refractivity contribution in [2.24, 2.45) is 10.9 Å². The Labute approximate surface area is 167 Å². The summed E-state index contributed by atoms with van der Waals surface area (Å²) in [7, 11) is -2.82. The molecule has 0 radical (unpaired) electrons. The number of fused-ring (bicyclic) bond motifs is 1. The van der Waals surface area contributed by atoms with Crippen molar-refractivity contribution in [3.8, 4) is 0 Å². The number of benzene rings is 1. The number of guanidine groups is 1. The van der Waals surface area contributed by atoms with Gasteiger partial charge >= 0.3 is 0 Å². The molecular formula is C18H26IN3O2S. The Balaban J connectivity index is 0.00000182. The molecule has 138 valence electrons. The van der Waals surface area contributed by atoms with Crippen LogP contribution in [0.1, 0.15) is 30.4 Å². The maximum absolute atomic E-state index is 11.6. The molecule has 1 aromatic carbocycles. The quantitative estimate of drug-likeness (QED) is 0.414. The third-order valence-electron chi connectivity index (χ3n) is 5.17. The summed E-state index contributed by atoms with van der Waals surface area (Å²) in [6.45, 7) is 2.47. The molecule has 2 heterocycles. The van der Waals surface area contributed by atoms with Gasteiger partial charge < -0.3 is 10.2 Å². The van der Waals surface area contributed by atoms with Crippen molar-refractivity contribution in [1.29, 1.82) is 0 Å².